The summed E-state index contributed by atoms with van der Waals surface area (Å²) < 4.78 is 11.8. The summed E-state index contributed by atoms with van der Waals surface area (Å²) in [6, 6.07) is 11.4. The van der Waals surface area contributed by atoms with Gasteiger partial charge in [-0.15, -0.1) is 0 Å². The quantitative estimate of drug-likeness (QED) is 0.222. The Bertz CT molecular complexity index is 1830. The lowest BCUT2D eigenvalue weighted by molar-refractivity contribution is 0.0964. The Morgan fingerprint density at radius 1 is 1.07 bits per heavy atom. The number of aliphatic hydroxyl groups excluding tert-OH is 1. The molecule has 4 aromatic rings. The van der Waals surface area contributed by atoms with E-state index in [0.29, 0.717) is 42.5 Å². The van der Waals surface area contributed by atoms with Crippen molar-refractivity contribution in [3.05, 3.63) is 81.7 Å². The topological polar surface area (TPSA) is 107 Å². The minimum Gasteiger partial charge on any atom is -0.415 e. The van der Waals surface area contributed by atoms with Crippen molar-refractivity contribution in [1.82, 2.24) is 18.9 Å². The fourth-order valence-corrected chi connectivity index (χ4v) is 7.42. The normalized spacial score (nSPS) is 15.2. The maximum atomic E-state index is 13.8. The zero-order chi connectivity index (χ0) is 32.8. The number of benzene rings is 1. The highest BCUT2D eigenvalue weighted by molar-refractivity contribution is 6.74. The molecule has 0 unspecified atom stereocenters. The number of carbonyl (C=O) groups is 1. The van der Waals surface area contributed by atoms with Gasteiger partial charge in [-0.3, -0.25) is 14.3 Å². The smallest absolute Gasteiger partial charge is 0.274 e. The molecule has 1 aliphatic heterocycles. The fraction of sp³-hybridized carbons (Fsp3) is 0.457. The molecule has 10 nitrogen and oxygen atoms in total. The number of rotatable bonds is 9. The molecule has 0 atom stereocenters. The zero-order valence-electron chi connectivity index (χ0n) is 27.9. The molecule has 1 aliphatic carbocycles. The number of aliphatic hydroxyl groups is 1. The molecule has 0 bridgehead atoms. The largest absolute Gasteiger partial charge is 0.415 e. The highest BCUT2D eigenvalue weighted by Crippen LogP contribution is 2.37. The van der Waals surface area contributed by atoms with Crippen LogP contribution in [0.1, 0.15) is 60.9 Å². The van der Waals surface area contributed by atoms with Crippen LogP contribution in [0, 0.1) is 0 Å². The van der Waals surface area contributed by atoms with Gasteiger partial charge < -0.3 is 28.9 Å². The highest BCUT2D eigenvalue weighted by atomic mass is 28.4. The molecule has 11 heteroatoms. The molecular formula is C35H46N6O4Si. The monoisotopic (exact) mass is 642 g/mol. The van der Waals surface area contributed by atoms with Gasteiger partial charge in [0.2, 0.25) is 0 Å². The van der Waals surface area contributed by atoms with Crippen molar-refractivity contribution >= 4 is 31.4 Å². The maximum Gasteiger partial charge on any atom is 0.274 e. The molecule has 0 radical (unpaired) electrons. The van der Waals surface area contributed by atoms with Crippen molar-refractivity contribution < 1.29 is 14.3 Å². The second-order valence-corrected chi connectivity index (χ2v) is 18.8. The summed E-state index contributed by atoms with van der Waals surface area (Å²) in [5.74, 6) is 0.517. The number of pyridine rings is 1. The Hall–Kier alpha value is -3.93. The Kier molecular flexibility index (Phi) is 8.60. The van der Waals surface area contributed by atoms with Crippen molar-refractivity contribution in [3.8, 4) is 11.1 Å². The summed E-state index contributed by atoms with van der Waals surface area (Å²) in [7, 11) is -0.143. The number of carbonyl (C=O) groups excluding carboxylic acids is 1. The SMILES string of the molecule is Cn1cc(-c2cccc(N3CCn4c(cc5c4CCCC5)C3=O)c2CO)cc(Nc2ccn(CCO[Si](C)(C)C(C)(C)C)n2)c1=O. The number of nitrogens with zero attached hydrogens (tertiary/aromatic N) is 5. The van der Waals surface area contributed by atoms with Gasteiger partial charge in [0.25, 0.3) is 11.5 Å². The van der Waals surface area contributed by atoms with Gasteiger partial charge in [-0.2, -0.15) is 5.10 Å². The number of anilines is 3. The van der Waals surface area contributed by atoms with E-state index in [1.165, 1.54) is 15.8 Å². The molecule has 1 aromatic carbocycles. The fourth-order valence-electron chi connectivity index (χ4n) is 6.38. The number of amides is 1. The average molecular weight is 643 g/mol. The van der Waals surface area contributed by atoms with Crippen molar-refractivity contribution in [1.29, 1.82) is 0 Å². The van der Waals surface area contributed by atoms with Crippen LogP contribution in [-0.2, 0) is 44.0 Å². The molecule has 244 valence electrons. The first-order valence-electron chi connectivity index (χ1n) is 16.3. The predicted octanol–water partition coefficient (Wildman–Crippen LogP) is 5.85. The second kappa shape index (κ2) is 12.3. The Morgan fingerprint density at radius 2 is 1.85 bits per heavy atom. The lowest BCUT2D eigenvalue weighted by atomic mass is 9.98. The summed E-state index contributed by atoms with van der Waals surface area (Å²) in [5, 5.41) is 18.6. The van der Waals surface area contributed by atoms with Gasteiger partial charge in [0.05, 0.1) is 25.4 Å². The van der Waals surface area contributed by atoms with Crippen LogP contribution < -0.4 is 15.8 Å². The number of nitrogens with one attached hydrogen (secondary N) is 1. The molecule has 0 fully saturated rings. The molecule has 46 heavy (non-hydrogen) atoms. The van der Waals surface area contributed by atoms with Crippen LogP contribution >= 0.6 is 0 Å². The van der Waals surface area contributed by atoms with E-state index < -0.39 is 8.32 Å². The molecule has 4 heterocycles. The van der Waals surface area contributed by atoms with Gasteiger partial charge >= 0.3 is 0 Å². The van der Waals surface area contributed by atoms with Gasteiger partial charge in [-0.25, -0.2) is 0 Å². The van der Waals surface area contributed by atoms with Gasteiger partial charge in [-0.1, -0.05) is 32.9 Å². The first-order chi connectivity index (χ1) is 21.9. The molecule has 0 saturated carbocycles. The van der Waals surface area contributed by atoms with E-state index in [9.17, 15) is 14.7 Å². The predicted molar refractivity (Wildman–Crippen MR) is 184 cm³/mol. The van der Waals surface area contributed by atoms with Crippen LogP contribution in [-0.4, -0.2) is 51.4 Å². The lowest BCUT2D eigenvalue weighted by Crippen LogP contribution is -2.41. The molecule has 1 amide bonds. The van der Waals surface area contributed by atoms with Crippen LogP contribution in [0.4, 0.5) is 17.2 Å². The van der Waals surface area contributed by atoms with Gasteiger partial charge in [0, 0.05) is 55.4 Å². The van der Waals surface area contributed by atoms with Crippen LogP contribution in [0.2, 0.25) is 18.1 Å². The van der Waals surface area contributed by atoms with Crippen LogP contribution in [0.5, 0.6) is 0 Å². The molecule has 2 aliphatic rings. The van der Waals surface area contributed by atoms with E-state index in [0.717, 1.165) is 49.0 Å². The van der Waals surface area contributed by atoms with E-state index in [4.69, 9.17) is 4.43 Å². The molecule has 0 saturated heterocycles. The van der Waals surface area contributed by atoms with Gasteiger partial charge in [0.15, 0.2) is 14.1 Å². The Balaban J connectivity index is 1.24. The molecular weight excluding hydrogens is 597 g/mol. The third-order valence-electron chi connectivity index (χ3n) is 10.0. The first-order valence-corrected chi connectivity index (χ1v) is 19.2. The van der Waals surface area contributed by atoms with E-state index in [1.807, 2.05) is 35.1 Å². The summed E-state index contributed by atoms with van der Waals surface area (Å²) in [5.41, 5.74) is 6.36. The van der Waals surface area contributed by atoms with E-state index in [-0.39, 0.29) is 23.1 Å². The summed E-state index contributed by atoms with van der Waals surface area (Å²) in [6.07, 6.45) is 8.01. The number of hydrogen-bond acceptors (Lipinski definition) is 6. The van der Waals surface area contributed by atoms with Crippen molar-refractivity contribution in [3.63, 3.8) is 0 Å². The standard InChI is InChI=1S/C35H46N6O4Si/c1-35(2,3)46(5,6)45-19-18-39-15-14-32(37-39)36-28-20-25(22-38(4)33(28)43)26-11-9-13-30(27(26)23-42)41-17-16-40-29-12-8-7-10-24(29)21-31(40)34(41)44/h9,11,13-15,20-22,42H,7-8,10,12,16-19,23H2,1-6H3,(H,36,37). The Morgan fingerprint density at radius 3 is 2.61 bits per heavy atom. The summed E-state index contributed by atoms with van der Waals surface area (Å²) in [4.78, 5) is 28.8. The van der Waals surface area contributed by atoms with Crippen LogP contribution in [0.3, 0.4) is 0 Å². The van der Waals surface area contributed by atoms with E-state index >= 15 is 0 Å². The molecule has 6 rings (SSSR count). The van der Waals surface area contributed by atoms with E-state index in [2.05, 4.69) is 54.9 Å². The molecule has 0 spiro atoms. The number of aromatic nitrogens is 4. The van der Waals surface area contributed by atoms with Crippen molar-refractivity contribution in [2.45, 2.75) is 84.3 Å². The second-order valence-electron chi connectivity index (χ2n) is 14.0. The maximum absolute atomic E-state index is 13.8. The zero-order valence-corrected chi connectivity index (χ0v) is 28.9. The minimum absolute atomic E-state index is 0.0411. The number of hydrogen-bond donors (Lipinski definition) is 2. The van der Waals surface area contributed by atoms with Gasteiger partial charge in [-0.05, 0) is 73.1 Å². The number of fused-ring (bicyclic) bond motifs is 3. The average Bonchev–Trinajstić information content (AvgIpc) is 3.63. The third kappa shape index (κ3) is 5.99. The van der Waals surface area contributed by atoms with E-state index in [1.54, 1.807) is 24.2 Å². The van der Waals surface area contributed by atoms with Crippen LogP contribution in [0.25, 0.3) is 11.1 Å². The van der Waals surface area contributed by atoms with Crippen molar-refractivity contribution in [2.24, 2.45) is 7.05 Å². The third-order valence-corrected chi connectivity index (χ3v) is 14.5. The minimum atomic E-state index is -1.85. The summed E-state index contributed by atoms with van der Waals surface area (Å²) in [6.45, 7) is 13.3. The Labute approximate surface area is 271 Å². The van der Waals surface area contributed by atoms with Crippen molar-refractivity contribution in [2.75, 3.05) is 23.4 Å². The van der Waals surface area contributed by atoms with Crippen LogP contribution in [0.15, 0.2) is 53.6 Å². The number of aryl methyl sites for hydroxylation is 2. The molecule has 3 aromatic heterocycles. The summed E-state index contributed by atoms with van der Waals surface area (Å²) >= 11 is 0. The van der Waals surface area contributed by atoms with Gasteiger partial charge in [0.1, 0.15) is 11.4 Å². The highest BCUT2D eigenvalue weighted by Gasteiger charge is 2.37. The molecule has 2 N–H and O–H groups in total. The lowest BCUT2D eigenvalue weighted by Gasteiger charge is -2.36. The first kappa shape index (κ1) is 32.0.